The minimum Gasteiger partial charge on any atom is -0.508 e. The van der Waals surface area contributed by atoms with Crippen LogP contribution < -0.4 is 4.74 Å². The predicted molar refractivity (Wildman–Crippen MR) is 133 cm³/mol. The van der Waals surface area contributed by atoms with Crippen molar-refractivity contribution in [1.29, 1.82) is 0 Å². The average molecular weight is 580 g/mol. The summed E-state index contributed by atoms with van der Waals surface area (Å²) >= 11 is 0. The van der Waals surface area contributed by atoms with E-state index < -0.39 is 102 Å². The van der Waals surface area contributed by atoms with E-state index in [0.29, 0.717) is 0 Å². The molecule has 2 aromatic rings. The second-order valence-electron chi connectivity index (χ2n) is 9.18. The number of hydrogen-bond acceptors (Lipinski definition) is 15. The third kappa shape index (κ3) is 6.36. The molecule has 0 bridgehead atoms. The molecule has 2 heterocycles. The van der Waals surface area contributed by atoms with Gasteiger partial charge in [-0.05, 0) is 24.3 Å². The maximum atomic E-state index is 13.7. The van der Waals surface area contributed by atoms with Crippen LogP contribution in [0, 0.1) is 0 Å². The molecular weight excluding hydrogens is 552 g/mol. The Balaban J connectivity index is 1.73. The number of carbonyl (C=O) groups excluding carboxylic acids is 2. The molecule has 7 unspecified atom stereocenters. The van der Waals surface area contributed by atoms with Crippen molar-refractivity contribution < 1.29 is 74.1 Å². The van der Waals surface area contributed by atoms with E-state index in [1.807, 2.05) is 0 Å². The molecule has 0 spiro atoms. The van der Waals surface area contributed by atoms with Crippen molar-refractivity contribution >= 4 is 17.5 Å². The van der Waals surface area contributed by atoms with E-state index in [0.717, 1.165) is 19.1 Å². The first-order chi connectivity index (χ1) is 19.4. The molecule has 0 amide bonds. The van der Waals surface area contributed by atoms with Gasteiger partial charge < -0.3 is 64.5 Å². The number of phenolic OH excluding ortho intramolecular Hbond substituents is 3. The standard InChI is InChI=1S/C26H28O15/c1-10(28)38-16-7-13(30)6-14(31)18(16)21(35)24(19(33)11-2-4-12(29)5-3-11)41-26-23(15(32)9-37-26)40-25-22(36)20(34)17(8-27)39-25/h2-7,15,17,20,22-23,25-27,29-34,36H,8-9H2,1H3. The van der Waals surface area contributed by atoms with E-state index >= 15 is 0 Å². The molecule has 2 fully saturated rings. The number of aromatic hydroxyl groups is 3. The van der Waals surface area contributed by atoms with Crippen LogP contribution in [0.5, 0.6) is 23.0 Å². The van der Waals surface area contributed by atoms with Crippen molar-refractivity contribution in [2.75, 3.05) is 13.2 Å². The summed E-state index contributed by atoms with van der Waals surface area (Å²) in [5, 5.41) is 81.1. The van der Waals surface area contributed by atoms with Crippen LogP contribution in [0.2, 0.25) is 0 Å². The fourth-order valence-corrected chi connectivity index (χ4v) is 4.20. The molecule has 8 N–H and O–H groups in total. The number of ether oxygens (including phenoxy) is 5. The highest BCUT2D eigenvalue weighted by Gasteiger charge is 2.49. The van der Waals surface area contributed by atoms with Gasteiger partial charge in [0.2, 0.25) is 17.8 Å². The van der Waals surface area contributed by atoms with Crippen molar-refractivity contribution in [2.24, 2.45) is 0 Å². The molecular formula is C26H28O15. The summed E-state index contributed by atoms with van der Waals surface area (Å²) in [6.07, 6.45) is -10.5. The van der Waals surface area contributed by atoms with Crippen LogP contribution in [0.3, 0.4) is 0 Å². The molecule has 2 aliphatic heterocycles. The van der Waals surface area contributed by atoms with Crippen LogP contribution in [0.25, 0.3) is 5.76 Å². The molecule has 4 rings (SSSR count). The van der Waals surface area contributed by atoms with Crippen molar-refractivity contribution in [3.63, 3.8) is 0 Å². The number of hydrogen-bond donors (Lipinski definition) is 8. The highest BCUT2D eigenvalue weighted by molar-refractivity contribution is 6.14. The van der Waals surface area contributed by atoms with E-state index in [4.69, 9.17) is 23.7 Å². The van der Waals surface area contributed by atoms with Gasteiger partial charge in [0.1, 0.15) is 53.0 Å². The van der Waals surface area contributed by atoms with Crippen LogP contribution in [-0.4, -0.2) is 109 Å². The van der Waals surface area contributed by atoms with E-state index in [-0.39, 0.29) is 11.3 Å². The summed E-state index contributed by atoms with van der Waals surface area (Å²) in [7, 11) is 0. The van der Waals surface area contributed by atoms with Crippen LogP contribution >= 0.6 is 0 Å². The van der Waals surface area contributed by atoms with Crippen LogP contribution in [-0.2, 0) is 23.7 Å². The number of carbonyl (C=O) groups is 2. The zero-order valence-corrected chi connectivity index (χ0v) is 21.4. The third-order valence-electron chi connectivity index (χ3n) is 6.21. The van der Waals surface area contributed by atoms with E-state index in [1.54, 1.807) is 0 Å². The zero-order valence-electron chi connectivity index (χ0n) is 21.4. The SMILES string of the molecule is CC(=O)Oc1cc(O)cc(O)c1C(=O)C(OC1OCC(O)C1OC1OC(CO)C(O)C1O)=C(O)c1ccc(O)cc1. The Morgan fingerprint density at radius 3 is 2.27 bits per heavy atom. The molecule has 2 saturated heterocycles. The normalized spacial score (nSPS) is 28.3. The van der Waals surface area contributed by atoms with Gasteiger partial charge in [-0.15, -0.1) is 0 Å². The summed E-state index contributed by atoms with van der Waals surface area (Å²) in [5.74, 6) is -6.07. The summed E-state index contributed by atoms with van der Waals surface area (Å²) < 4.78 is 26.9. The molecule has 15 heteroatoms. The number of rotatable bonds is 9. The van der Waals surface area contributed by atoms with Gasteiger partial charge in [0.25, 0.3) is 0 Å². The Labute approximate surface area is 231 Å². The van der Waals surface area contributed by atoms with E-state index in [9.17, 15) is 50.4 Å². The maximum Gasteiger partial charge on any atom is 0.308 e. The Kier molecular flexibility index (Phi) is 8.98. The number of esters is 1. The largest absolute Gasteiger partial charge is 0.508 e. The van der Waals surface area contributed by atoms with Crippen LogP contribution in [0.15, 0.2) is 42.2 Å². The smallest absolute Gasteiger partial charge is 0.308 e. The van der Waals surface area contributed by atoms with Crippen molar-refractivity contribution in [1.82, 2.24) is 0 Å². The highest BCUT2D eigenvalue weighted by atomic mass is 16.8. The van der Waals surface area contributed by atoms with Crippen molar-refractivity contribution in [3.8, 4) is 23.0 Å². The quantitative estimate of drug-likeness (QED) is 0.0607. The molecule has 2 aromatic carbocycles. The summed E-state index contributed by atoms with van der Waals surface area (Å²) in [6.45, 7) is -0.0524. The Morgan fingerprint density at radius 2 is 1.66 bits per heavy atom. The number of ketones is 1. The molecule has 41 heavy (non-hydrogen) atoms. The Bertz CT molecular complexity index is 1310. The van der Waals surface area contributed by atoms with Gasteiger partial charge in [-0.25, -0.2) is 0 Å². The Hall–Kier alpha value is -3.96. The number of benzene rings is 2. The second kappa shape index (κ2) is 12.3. The molecule has 15 nitrogen and oxygen atoms in total. The summed E-state index contributed by atoms with van der Waals surface area (Å²) in [6, 6.07) is 6.48. The first kappa shape index (κ1) is 30.0. The molecule has 2 aliphatic rings. The third-order valence-corrected chi connectivity index (χ3v) is 6.21. The van der Waals surface area contributed by atoms with Crippen LogP contribution in [0.4, 0.5) is 0 Å². The van der Waals surface area contributed by atoms with E-state index in [1.165, 1.54) is 24.3 Å². The maximum absolute atomic E-state index is 13.7. The summed E-state index contributed by atoms with van der Waals surface area (Å²) in [5.41, 5.74) is -0.754. The lowest BCUT2D eigenvalue weighted by Gasteiger charge is -2.27. The van der Waals surface area contributed by atoms with Gasteiger partial charge in [-0.1, -0.05) is 0 Å². The number of allylic oxidation sites excluding steroid dienone is 1. The first-order valence-electron chi connectivity index (χ1n) is 12.2. The lowest BCUT2D eigenvalue weighted by Crippen LogP contribution is -2.42. The van der Waals surface area contributed by atoms with Gasteiger partial charge >= 0.3 is 5.97 Å². The number of phenols is 3. The van der Waals surface area contributed by atoms with Gasteiger partial charge in [0.15, 0.2) is 18.2 Å². The molecule has 0 aromatic heterocycles. The topological polar surface area (TPSA) is 242 Å². The average Bonchev–Trinajstić information content (AvgIpc) is 3.39. The van der Waals surface area contributed by atoms with Gasteiger partial charge in [-0.2, -0.15) is 0 Å². The molecule has 222 valence electrons. The minimum absolute atomic E-state index is 0.0575. The zero-order chi connectivity index (χ0) is 30.0. The monoisotopic (exact) mass is 580 g/mol. The lowest BCUT2D eigenvalue weighted by atomic mass is 10.0. The van der Waals surface area contributed by atoms with Crippen molar-refractivity contribution in [3.05, 3.63) is 53.3 Å². The number of aliphatic hydroxyl groups is 5. The Morgan fingerprint density at radius 1 is 0.976 bits per heavy atom. The summed E-state index contributed by atoms with van der Waals surface area (Å²) in [4.78, 5) is 25.4. The van der Waals surface area contributed by atoms with Gasteiger partial charge in [-0.3, -0.25) is 9.59 Å². The molecule has 7 atom stereocenters. The van der Waals surface area contributed by atoms with Gasteiger partial charge in [0.05, 0.1) is 13.2 Å². The first-order valence-corrected chi connectivity index (χ1v) is 12.2. The fourth-order valence-electron chi connectivity index (χ4n) is 4.20. The van der Waals surface area contributed by atoms with Crippen LogP contribution in [0.1, 0.15) is 22.8 Å². The number of aliphatic hydroxyl groups excluding tert-OH is 5. The predicted octanol–water partition coefficient (Wildman–Crippen LogP) is -0.604. The minimum atomic E-state index is -1.67. The molecule has 0 radical (unpaired) electrons. The highest BCUT2D eigenvalue weighted by Crippen LogP contribution is 2.38. The fraction of sp³-hybridized carbons (Fsp3) is 0.385. The second-order valence-corrected chi connectivity index (χ2v) is 9.18. The molecule has 0 aliphatic carbocycles. The van der Waals surface area contributed by atoms with Gasteiger partial charge in [0, 0.05) is 24.6 Å². The van der Waals surface area contributed by atoms with Crippen molar-refractivity contribution in [2.45, 2.75) is 50.0 Å². The van der Waals surface area contributed by atoms with E-state index in [2.05, 4.69) is 0 Å². The number of Topliss-reactive ketones (excluding diaryl/α,β-unsaturated/α-hetero) is 1. The molecule has 0 saturated carbocycles. The lowest BCUT2D eigenvalue weighted by molar-refractivity contribution is -0.238.